The number of amides is 2. The fourth-order valence-corrected chi connectivity index (χ4v) is 5.75. The van der Waals surface area contributed by atoms with Crippen LogP contribution in [-0.4, -0.2) is 82.8 Å². The molecule has 0 aromatic heterocycles. The number of esters is 1. The van der Waals surface area contributed by atoms with E-state index in [1.54, 1.807) is 22.8 Å². The third-order valence-electron chi connectivity index (χ3n) is 7.05. The Morgan fingerprint density at radius 1 is 1.35 bits per heavy atom. The lowest BCUT2D eigenvalue weighted by Gasteiger charge is -2.36. The average Bonchev–Trinajstić information content (AvgIpc) is 3.30. The van der Waals surface area contributed by atoms with E-state index in [-0.39, 0.29) is 31.6 Å². The van der Waals surface area contributed by atoms with E-state index < -0.39 is 35.0 Å². The van der Waals surface area contributed by atoms with Crippen LogP contribution in [0.25, 0.3) is 0 Å². The van der Waals surface area contributed by atoms with Crippen molar-refractivity contribution in [2.75, 3.05) is 32.8 Å². The number of aliphatic hydroxyl groups excluding tert-OH is 1. The van der Waals surface area contributed by atoms with Gasteiger partial charge in [0.1, 0.15) is 17.6 Å². The molecule has 2 amide bonds. The monoisotopic (exact) mass is 436 g/mol. The SMILES string of the molecule is C=CCN(CCCC)C(=O)C1N(CCCO)C(=O)[C@@H]2[C@@H](C(=O)OCC)[C@@]3(C)CCC12O3. The maximum absolute atomic E-state index is 13.8. The summed E-state index contributed by atoms with van der Waals surface area (Å²) in [5, 5.41) is 9.38. The third kappa shape index (κ3) is 3.78. The molecule has 3 fully saturated rings. The minimum absolute atomic E-state index is 0.0888. The molecule has 0 aromatic carbocycles. The van der Waals surface area contributed by atoms with Crippen LogP contribution in [0.5, 0.6) is 0 Å². The topological polar surface area (TPSA) is 96.4 Å². The number of aliphatic hydroxyl groups is 1. The highest BCUT2D eigenvalue weighted by molar-refractivity contribution is 5.98. The molecular formula is C23H36N2O6. The predicted molar refractivity (Wildman–Crippen MR) is 114 cm³/mol. The molecule has 0 radical (unpaired) electrons. The molecule has 0 aromatic rings. The van der Waals surface area contributed by atoms with Crippen molar-refractivity contribution in [2.45, 2.75) is 70.1 Å². The first-order valence-corrected chi connectivity index (χ1v) is 11.5. The first-order chi connectivity index (χ1) is 14.8. The summed E-state index contributed by atoms with van der Waals surface area (Å²) in [4.78, 5) is 43.6. The van der Waals surface area contributed by atoms with Gasteiger partial charge in [0.25, 0.3) is 0 Å². The highest BCUT2D eigenvalue weighted by Crippen LogP contribution is 2.63. The Balaban J connectivity index is 2.02. The van der Waals surface area contributed by atoms with E-state index in [9.17, 15) is 19.5 Å². The summed E-state index contributed by atoms with van der Waals surface area (Å²) < 4.78 is 11.8. The van der Waals surface area contributed by atoms with Crippen molar-refractivity contribution < 1.29 is 29.0 Å². The van der Waals surface area contributed by atoms with Crippen molar-refractivity contribution in [3.8, 4) is 0 Å². The van der Waals surface area contributed by atoms with Gasteiger partial charge in [0.15, 0.2) is 0 Å². The summed E-state index contributed by atoms with van der Waals surface area (Å²) in [6.45, 7) is 10.8. The molecule has 3 aliphatic rings. The fourth-order valence-electron chi connectivity index (χ4n) is 5.75. The van der Waals surface area contributed by atoms with E-state index >= 15 is 0 Å². The summed E-state index contributed by atoms with van der Waals surface area (Å²) in [5.74, 6) is -2.33. The summed E-state index contributed by atoms with van der Waals surface area (Å²) >= 11 is 0. The number of rotatable bonds is 11. The lowest BCUT2D eigenvalue weighted by molar-refractivity contribution is -0.160. The quantitative estimate of drug-likeness (QED) is 0.390. The minimum atomic E-state index is -1.04. The molecule has 3 rings (SSSR count). The van der Waals surface area contributed by atoms with E-state index in [1.807, 2.05) is 6.92 Å². The lowest BCUT2D eigenvalue weighted by Crippen LogP contribution is -2.56. The zero-order chi connectivity index (χ0) is 22.8. The zero-order valence-electron chi connectivity index (χ0n) is 19.0. The molecule has 1 spiro atoms. The Kier molecular flexibility index (Phi) is 7.11. The van der Waals surface area contributed by atoms with E-state index in [0.717, 1.165) is 12.8 Å². The van der Waals surface area contributed by atoms with Crippen LogP contribution in [0.2, 0.25) is 0 Å². The van der Waals surface area contributed by atoms with Crippen LogP contribution in [0, 0.1) is 11.8 Å². The van der Waals surface area contributed by atoms with Gasteiger partial charge in [-0.05, 0) is 39.5 Å². The van der Waals surface area contributed by atoms with Crippen LogP contribution in [0.3, 0.4) is 0 Å². The standard InChI is InChI=1S/C23H36N2O6/c1-5-8-13-24(12-6-2)20(28)18-23-11-10-22(4,31-23)17(21(29)30-7-3)16(23)19(27)25(18)14-9-15-26/h6,16-18,26H,2,5,7-15H2,1,3-4H3/t16-,17-,18?,22+,23?/m0/s1. The van der Waals surface area contributed by atoms with Crippen molar-refractivity contribution in [2.24, 2.45) is 11.8 Å². The van der Waals surface area contributed by atoms with Gasteiger partial charge in [-0.2, -0.15) is 0 Å². The molecule has 8 nitrogen and oxygen atoms in total. The van der Waals surface area contributed by atoms with Crippen LogP contribution in [-0.2, 0) is 23.9 Å². The van der Waals surface area contributed by atoms with Gasteiger partial charge in [0.2, 0.25) is 11.8 Å². The molecule has 31 heavy (non-hydrogen) atoms. The fraction of sp³-hybridized carbons (Fsp3) is 0.783. The summed E-state index contributed by atoms with van der Waals surface area (Å²) in [5.41, 5.74) is -1.86. The van der Waals surface area contributed by atoms with Gasteiger partial charge in [-0.25, -0.2) is 0 Å². The molecule has 1 N–H and O–H groups in total. The first-order valence-electron chi connectivity index (χ1n) is 11.5. The lowest BCUT2D eigenvalue weighted by atomic mass is 9.66. The first kappa shape index (κ1) is 23.7. The molecule has 5 atom stereocenters. The van der Waals surface area contributed by atoms with Crippen LogP contribution in [0.15, 0.2) is 12.7 Å². The van der Waals surface area contributed by atoms with Crippen molar-refractivity contribution in [1.82, 2.24) is 9.80 Å². The second kappa shape index (κ2) is 9.28. The maximum atomic E-state index is 13.8. The Labute approximate surface area is 184 Å². The van der Waals surface area contributed by atoms with Crippen molar-refractivity contribution in [3.05, 3.63) is 12.7 Å². The molecule has 2 bridgehead atoms. The molecule has 174 valence electrons. The Morgan fingerprint density at radius 3 is 2.71 bits per heavy atom. The second-order valence-corrected chi connectivity index (χ2v) is 9.01. The van der Waals surface area contributed by atoms with Gasteiger partial charge in [-0.3, -0.25) is 14.4 Å². The van der Waals surface area contributed by atoms with Gasteiger partial charge < -0.3 is 24.4 Å². The number of unbranched alkanes of at least 4 members (excludes halogenated alkanes) is 1. The molecule has 2 unspecified atom stereocenters. The smallest absolute Gasteiger partial charge is 0.312 e. The Hall–Kier alpha value is -1.93. The number of likely N-dealkylation sites (tertiary alicyclic amines) is 1. The number of nitrogens with zero attached hydrogens (tertiary/aromatic N) is 2. The highest BCUT2D eigenvalue weighted by Gasteiger charge is 2.78. The molecular weight excluding hydrogens is 400 g/mol. The summed E-state index contributed by atoms with van der Waals surface area (Å²) in [6, 6.07) is -0.811. The molecule has 0 aliphatic carbocycles. The number of carbonyl (C=O) groups excluding carboxylic acids is 3. The zero-order valence-corrected chi connectivity index (χ0v) is 19.0. The minimum Gasteiger partial charge on any atom is -0.466 e. The number of fused-ring (bicyclic) bond motifs is 1. The van der Waals surface area contributed by atoms with Gasteiger partial charge >= 0.3 is 5.97 Å². The molecule has 0 saturated carbocycles. The third-order valence-corrected chi connectivity index (χ3v) is 7.05. The van der Waals surface area contributed by atoms with E-state index in [2.05, 4.69) is 13.5 Å². The largest absolute Gasteiger partial charge is 0.466 e. The van der Waals surface area contributed by atoms with Crippen molar-refractivity contribution in [3.63, 3.8) is 0 Å². The Morgan fingerprint density at radius 2 is 2.10 bits per heavy atom. The molecule has 8 heteroatoms. The maximum Gasteiger partial charge on any atom is 0.312 e. The van der Waals surface area contributed by atoms with Crippen LogP contribution in [0.1, 0.15) is 52.9 Å². The van der Waals surface area contributed by atoms with Gasteiger partial charge in [-0.1, -0.05) is 19.4 Å². The number of hydrogen-bond acceptors (Lipinski definition) is 6. The predicted octanol–water partition coefficient (Wildman–Crippen LogP) is 1.51. The van der Waals surface area contributed by atoms with Crippen LogP contribution in [0.4, 0.5) is 0 Å². The van der Waals surface area contributed by atoms with Gasteiger partial charge in [-0.15, -0.1) is 6.58 Å². The number of ether oxygens (including phenoxy) is 2. The molecule has 3 saturated heterocycles. The Bertz CT molecular complexity index is 727. The normalized spacial score (nSPS) is 33.5. The highest BCUT2D eigenvalue weighted by atomic mass is 16.6. The van der Waals surface area contributed by atoms with Crippen LogP contribution >= 0.6 is 0 Å². The van der Waals surface area contributed by atoms with E-state index in [0.29, 0.717) is 32.4 Å². The molecule has 3 heterocycles. The van der Waals surface area contributed by atoms with Crippen molar-refractivity contribution in [1.29, 1.82) is 0 Å². The van der Waals surface area contributed by atoms with Crippen LogP contribution < -0.4 is 0 Å². The van der Waals surface area contributed by atoms with Gasteiger partial charge in [0, 0.05) is 26.2 Å². The van der Waals surface area contributed by atoms with E-state index in [1.165, 1.54) is 0 Å². The summed E-state index contributed by atoms with van der Waals surface area (Å²) in [6.07, 6.45) is 4.96. The number of carbonyl (C=O) groups is 3. The van der Waals surface area contributed by atoms with Gasteiger partial charge in [0.05, 0.1) is 18.1 Å². The molecule has 3 aliphatic heterocycles. The summed E-state index contributed by atoms with van der Waals surface area (Å²) in [7, 11) is 0. The average molecular weight is 437 g/mol. The van der Waals surface area contributed by atoms with E-state index in [4.69, 9.17) is 9.47 Å². The second-order valence-electron chi connectivity index (χ2n) is 9.01. The number of hydrogen-bond donors (Lipinski definition) is 1. The van der Waals surface area contributed by atoms with Crippen molar-refractivity contribution >= 4 is 17.8 Å².